The number of fused-ring (bicyclic) bond motifs is 1. The van der Waals surface area contributed by atoms with Gasteiger partial charge in [-0.3, -0.25) is 0 Å². The Morgan fingerprint density at radius 3 is 2.63 bits per heavy atom. The first-order valence-electron chi connectivity index (χ1n) is 8.62. The molecule has 3 aromatic rings. The van der Waals surface area contributed by atoms with Crippen molar-refractivity contribution in [3.05, 3.63) is 36.5 Å². The number of aromatic nitrogens is 4. The van der Waals surface area contributed by atoms with E-state index in [1.807, 2.05) is 18.2 Å². The fourth-order valence-corrected chi connectivity index (χ4v) is 3.10. The molecule has 2 N–H and O–H groups in total. The summed E-state index contributed by atoms with van der Waals surface area (Å²) in [4.78, 5) is 20.1. The van der Waals surface area contributed by atoms with Crippen molar-refractivity contribution < 1.29 is 9.47 Å². The van der Waals surface area contributed by atoms with Crippen molar-refractivity contribution in [1.29, 1.82) is 0 Å². The van der Waals surface area contributed by atoms with Crippen molar-refractivity contribution >= 4 is 22.9 Å². The van der Waals surface area contributed by atoms with Crippen LogP contribution in [-0.4, -0.2) is 47.2 Å². The Morgan fingerprint density at radius 1 is 1.04 bits per heavy atom. The van der Waals surface area contributed by atoms with Crippen molar-refractivity contribution in [2.75, 3.05) is 37.9 Å². The van der Waals surface area contributed by atoms with Gasteiger partial charge in [-0.05, 0) is 24.6 Å². The summed E-state index contributed by atoms with van der Waals surface area (Å²) in [5, 5.41) is 0. The Hall–Kier alpha value is -3.42. The number of nitrogen functional groups attached to an aromatic ring is 1. The van der Waals surface area contributed by atoms with Gasteiger partial charge in [-0.1, -0.05) is 12.2 Å². The Bertz CT molecular complexity index is 1020. The summed E-state index contributed by atoms with van der Waals surface area (Å²) in [7, 11) is 3.20. The quantitative estimate of drug-likeness (QED) is 0.705. The molecule has 0 saturated carbocycles. The Morgan fingerprint density at radius 2 is 1.89 bits per heavy atom. The standard InChI is InChI=1S/C19H20N6O2/c1-26-14-7-6-12(10-15(14)27-2)13-11-21-16-17(22-13)23-19(20)24-18(16)25-8-4-3-5-9-25/h3-4,6-7,10-11H,5,8-9H2,1-2H3,(H2,20,22,23,24). The maximum absolute atomic E-state index is 5.93. The lowest BCUT2D eigenvalue weighted by Crippen LogP contribution is -2.28. The van der Waals surface area contributed by atoms with E-state index in [1.165, 1.54) is 0 Å². The van der Waals surface area contributed by atoms with Crippen LogP contribution in [-0.2, 0) is 0 Å². The van der Waals surface area contributed by atoms with Gasteiger partial charge in [-0.15, -0.1) is 0 Å². The van der Waals surface area contributed by atoms with E-state index in [0.717, 1.165) is 25.1 Å². The minimum absolute atomic E-state index is 0.186. The molecule has 2 aromatic heterocycles. The van der Waals surface area contributed by atoms with Crippen molar-refractivity contribution in [3.8, 4) is 22.8 Å². The summed E-state index contributed by atoms with van der Waals surface area (Å²) in [5.74, 6) is 2.18. The molecule has 8 heteroatoms. The fourth-order valence-electron chi connectivity index (χ4n) is 3.10. The third-order valence-electron chi connectivity index (χ3n) is 4.44. The second kappa shape index (κ2) is 7.06. The Balaban J connectivity index is 1.80. The number of rotatable bonds is 4. The zero-order chi connectivity index (χ0) is 18.8. The average Bonchev–Trinajstić information content (AvgIpc) is 2.72. The maximum Gasteiger partial charge on any atom is 0.224 e. The van der Waals surface area contributed by atoms with Gasteiger partial charge in [0.1, 0.15) is 0 Å². The summed E-state index contributed by atoms with van der Waals surface area (Å²) in [6, 6.07) is 5.59. The number of hydrogen-bond acceptors (Lipinski definition) is 8. The van der Waals surface area contributed by atoms with Crippen LogP contribution >= 0.6 is 0 Å². The largest absolute Gasteiger partial charge is 0.493 e. The molecule has 3 heterocycles. The molecule has 1 aromatic carbocycles. The fraction of sp³-hybridized carbons (Fsp3) is 0.263. The second-order valence-corrected chi connectivity index (χ2v) is 6.11. The summed E-state index contributed by atoms with van der Waals surface area (Å²) in [6.07, 6.45) is 6.94. The molecule has 1 aliphatic heterocycles. The molecule has 0 amide bonds. The van der Waals surface area contributed by atoms with Gasteiger partial charge in [-0.2, -0.15) is 9.97 Å². The molecule has 4 rings (SSSR count). The minimum atomic E-state index is 0.186. The predicted octanol–water partition coefficient (Wildman–Crippen LogP) is 2.45. The van der Waals surface area contributed by atoms with E-state index < -0.39 is 0 Å². The predicted molar refractivity (Wildman–Crippen MR) is 104 cm³/mol. The highest BCUT2D eigenvalue weighted by Gasteiger charge is 2.17. The molecular weight excluding hydrogens is 344 g/mol. The lowest BCUT2D eigenvalue weighted by molar-refractivity contribution is 0.355. The first-order valence-corrected chi connectivity index (χ1v) is 8.62. The van der Waals surface area contributed by atoms with Crippen LogP contribution in [0.3, 0.4) is 0 Å². The van der Waals surface area contributed by atoms with Crippen LogP contribution in [0, 0.1) is 0 Å². The molecule has 0 saturated heterocycles. The topological polar surface area (TPSA) is 99.3 Å². The number of methoxy groups -OCH3 is 2. The summed E-state index contributed by atoms with van der Waals surface area (Å²) in [5.41, 5.74) is 8.57. The van der Waals surface area contributed by atoms with Crippen LogP contribution < -0.4 is 20.1 Å². The third kappa shape index (κ3) is 3.21. The molecule has 0 spiro atoms. The summed E-state index contributed by atoms with van der Waals surface area (Å²) < 4.78 is 10.7. The van der Waals surface area contributed by atoms with Crippen molar-refractivity contribution in [2.45, 2.75) is 6.42 Å². The zero-order valence-electron chi connectivity index (χ0n) is 15.2. The smallest absolute Gasteiger partial charge is 0.224 e. The molecule has 0 fully saturated rings. The van der Waals surface area contributed by atoms with Gasteiger partial charge in [0, 0.05) is 18.7 Å². The normalized spacial score (nSPS) is 13.8. The number of nitrogens with zero attached hydrogens (tertiary/aromatic N) is 5. The van der Waals surface area contributed by atoms with E-state index in [0.29, 0.717) is 34.2 Å². The van der Waals surface area contributed by atoms with Gasteiger partial charge in [0.2, 0.25) is 5.95 Å². The van der Waals surface area contributed by atoms with Crippen molar-refractivity contribution in [2.24, 2.45) is 0 Å². The van der Waals surface area contributed by atoms with Crippen LogP contribution in [0.4, 0.5) is 11.8 Å². The van der Waals surface area contributed by atoms with Crippen LogP contribution in [0.5, 0.6) is 11.5 Å². The van der Waals surface area contributed by atoms with E-state index >= 15 is 0 Å². The molecule has 8 nitrogen and oxygen atoms in total. The second-order valence-electron chi connectivity index (χ2n) is 6.11. The van der Waals surface area contributed by atoms with E-state index in [2.05, 4.69) is 37.0 Å². The molecule has 0 atom stereocenters. The molecule has 0 aliphatic carbocycles. The first kappa shape index (κ1) is 17.0. The minimum Gasteiger partial charge on any atom is -0.493 e. The van der Waals surface area contributed by atoms with E-state index in [9.17, 15) is 0 Å². The molecule has 27 heavy (non-hydrogen) atoms. The van der Waals surface area contributed by atoms with Gasteiger partial charge in [0.25, 0.3) is 0 Å². The number of ether oxygens (including phenoxy) is 2. The first-order chi connectivity index (χ1) is 13.2. The van der Waals surface area contributed by atoms with E-state index in [1.54, 1.807) is 20.4 Å². The molecular formula is C19H20N6O2. The number of hydrogen-bond donors (Lipinski definition) is 1. The maximum atomic E-state index is 5.93. The van der Waals surface area contributed by atoms with Gasteiger partial charge < -0.3 is 20.1 Å². The van der Waals surface area contributed by atoms with Crippen molar-refractivity contribution in [1.82, 2.24) is 19.9 Å². The highest BCUT2D eigenvalue weighted by Crippen LogP contribution is 2.32. The van der Waals surface area contributed by atoms with Crippen LogP contribution in [0.15, 0.2) is 36.5 Å². The van der Waals surface area contributed by atoms with Crippen molar-refractivity contribution in [3.63, 3.8) is 0 Å². The summed E-state index contributed by atoms with van der Waals surface area (Å²) >= 11 is 0. The lowest BCUT2D eigenvalue weighted by atomic mass is 10.1. The molecule has 0 radical (unpaired) electrons. The molecule has 138 valence electrons. The third-order valence-corrected chi connectivity index (χ3v) is 4.44. The van der Waals surface area contributed by atoms with Gasteiger partial charge in [0.15, 0.2) is 28.5 Å². The van der Waals surface area contributed by atoms with E-state index in [4.69, 9.17) is 15.2 Å². The zero-order valence-corrected chi connectivity index (χ0v) is 15.2. The van der Waals surface area contributed by atoms with Gasteiger partial charge in [-0.25, -0.2) is 9.97 Å². The Kier molecular flexibility index (Phi) is 4.45. The van der Waals surface area contributed by atoms with Gasteiger partial charge in [0.05, 0.1) is 26.1 Å². The molecule has 0 bridgehead atoms. The number of anilines is 2. The lowest BCUT2D eigenvalue weighted by Gasteiger charge is -2.25. The van der Waals surface area contributed by atoms with E-state index in [-0.39, 0.29) is 5.95 Å². The summed E-state index contributed by atoms with van der Waals surface area (Å²) in [6.45, 7) is 1.63. The highest BCUT2D eigenvalue weighted by molar-refractivity contribution is 5.85. The number of nitrogens with two attached hydrogens (primary N) is 1. The number of benzene rings is 1. The highest BCUT2D eigenvalue weighted by atomic mass is 16.5. The monoisotopic (exact) mass is 364 g/mol. The SMILES string of the molecule is COc1ccc(-c2cnc3c(N4CC=CCC4)nc(N)nc3n2)cc1OC. The van der Waals surface area contributed by atoms with Gasteiger partial charge >= 0.3 is 0 Å². The average molecular weight is 364 g/mol. The molecule has 0 unspecified atom stereocenters. The van der Waals surface area contributed by atoms with Crippen LogP contribution in [0.2, 0.25) is 0 Å². The Labute approximate surface area is 156 Å². The van der Waals surface area contributed by atoms with Crippen LogP contribution in [0.25, 0.3) is 22.4 Å². The molecule has 1 aliphatic rings. The van der Waals surface area contributed by atoms with Crippen LogP contribution in [0.1, 0.15) is 6.42 Å².